The summed E-state index contributed by atoms with van der Waals surface area (Å²) in [5.74, 6) is 0. The van der Waals surface area contributed by atoms with Crippen molar-refractivity contribution in [3.05, 3.63) is 47.8 Å². The Morgan fingerprint density at radius 3 is 2.86 bits per heavy atom. The van der Waals surface area contributed by atoms with E-state index < -0.39 is 0 Å². The number of hydrogen-bond acceptors (Lipinski definition) is 1. The Hall–Kier alpha value is -1.04. The van der Waals surface area contributed by atoms with E-state index in [1.54, 1.807) is 6.20 Å². The maximum atomic E-state index is 4.18. The first-order valence-corrected chi connectivity index (χ1v) is 5.15. The van der Waals surface area contributed by atoms with E-state index in [4.69, 9.17) is 0 Å². The molecule has 2 rings (SSSR count). The van der Waals surface area contributed by atoms with Crippen molar-refractivity contribution < 1.29 is 0 Å². The predicted octanol–water partition coefficient (Wildman–Crippen LogP) is 1.03. The van der Waals surface area contributed by atoms with E-state index in [0.29, 0.717) is 0 Å². The number of hydrogen-bond donors (Lipinski definition) is 0. The highest BCUT2D eigenvalue weighted by Crippen LogP contribution is 2.03. The molecule has 1 aromatic heterocycles. The minimum Gasteiger partial charge on any atom is -0.268 e. The molecule has 1 heterocycles. The maximum absolute atomic E-state index is 4.18. The summed E-state index contributed by atoms with van der Waals surface area (Å²) in [6.45, 7) is 2.95. The predicted molar refractivity (Wildman–Crippen MR) is 57.9 cm³/mol. The third-order valence-corrected chi connectivity index (χ3v) is 2.40. The van der Waals surface area contributed by atoms with Crippen molar-refractivity contribution in [3.63, 3.8) is 0 Å². The van der Waals surface area contributed by atoms with Crippen molar-refractivity contribution in [1.29, 1.82) is 0 Å². The molecule has 68 valence electrons. The fourth-order valence-corrected chi connectivity index (χ4v) is 2.04. The van der Waals surface area contributed by atoms with Crippen LogP contribution in [0.3, 0.4) is 0 Å². The van der Waals surface area contributed by atoms with Gasteiger partial charge in [0.15, 0.2) is 16.3 Å². The first-order chi connectivity index (χ1) is 6.74. The van der Waals surface area contributed by atoms with Crippen molar-refractivity contribution in [2.75, 3.05) is 0 Å². The Morgan fingerprint density at radius 2 is 2.21 bits per heavy atom. The van der Waals surface area contributed by atoms with Gasteiger partial charge in [0.05, 0.1) is 6.54 Å². The smallest absolute Gasteiger partial charge is 0.175 e. The monoisotopic (exact) mass is 198 g/mol. The third kappa shape index (κ3) is 2.26. The minimum absolute atomic E-state index is 0.843. The first-order valence-electron chi connectivity index (χ1n) is 4.57. The first kappa shape index (κ1) is 9.51. The van der Waals surface area contributed by atoms with Crippen LogP contribution in [-0.4, -0.2) is 26.1 Å². The van der Waals surface area contributed by atoms with Gasteiger partial charge in [0.2, 0.25) is 0 Å². The van der Waals surface area contributed by atoms with Gasteiger partial charge in [0.25, 0.3) is 0 Å². The highest BCUT2D eigenvalue weighted by Gasteiger charge is 1.96. The Labute approximate surface area is 92.0 Å². The van der Waals surface area contributed by atoms with Crippen molar-refractivity contribution in [2.45, 2.75) is 13.5 Å². The Kier molecular flexibility index (Phi) is 2.72. The van der Waals surface area contributed by atoms with Crippen LogP contribution in [0.25, 0.3) is 0 Å². The summed E-state index contributed by atoms with van der Waals surface area (Å²) in [5.41, 5.74) is 2.58. The van der Waals surface area contributed by atoms with Crippen LogP contribution in [0.4, 0.5) is 0 Å². The van der Waals surface area contributed by atoms with Crippen LogP contribution in [0.2, 0.25) is 0 Å². The van der Waals surface area contributed by atoms with Crippen LogP contribution in [0.1, 0.15) is 11.1 Å². The van der Waals surface area contributed by atoms with E-state index in [-0.39, 0.29) is 0 Å². The average molecular weight is 198 g/mol. The molecule has 3 heteroatoms. The summed E-state index contributed by atoms with van der Waals surface area (Å²) < 4.78 is 3.16. The van der Waals surface area contributed by atoms with E-state index in [9.17, 15) is 0 Å². The molecule has 0 fully saturated rings. The van der Waals surface area contributed by atoms with Gasteiger partial charge in [-0.3, -0.25) is 4.68 Å². The van der Waals surface area contributed by atoms with Crippen LogP contribution >= 0.6 is 0 Å². The van der Waals surface area contributed by atoms with Crippen molar-refractivity contribution in [1.82, 2.24) is 9.78 Å². The van der Waals surface area contributed by atoms with Gasteiger partial charge in [0.1, 0.15) is 0 Å². The molecule has 0 bridgehead atoms. The maximum Gasteiger partial charge on any atom is 0.175 e. The van der Waals surface area contributed by atoms with Crippen LogP contribution in [0.5, 0.6) is 0 Å². The molecular weight excluding hydrogens is 187 g/mol. The molecule has 0 aliphatic heterocycles. The second kappa shape index (κ2) is 4.00. The van der Waals surface area contributed by atoms with Crippen LogP contribution in [-0.2, 0) is 6.54 Å². The molecule has 0 unspecified atom stereocenters. The van der Waals surface area contributed by atoms with E-state index in [2.05, 4.69) is 46.5 Å². The van der Waals surface area contributed by atoms with E-state index in [1.807, 2.05) is 16.9 Å². The quantitative estimate of drug-likeness (QED) is 0.659. The zero-order valence-electron chi connectivity index (χ0n) is 8.14. The number of aryl methyl sites for hydroxylation is 1. The second-order valence-corrected chi connectivity index (χ2v) is 4.12. The van der Waals surface area contributed by atoms with E-state index >= 15 is 0 Å². The van der Waals surface area contributed by atoms with Gasteiger partial charge in [-0.2, -0.15) is 5.10 Å². The fraction of sp³-hybridized carbons (Fsp3) is 0.182. The largest absolute Gasteiger partial charge is 0.268 e. The van der Waals surface area contributed by atoms with Crippen molar-refractivity contribution in [2.24, 2.45) is 0 Å². The number of aromatic nitrogens is 2. The molecule has 2 aromatic rings. The van der Waals surface area contributed by atoms with Crippen LogP contribution in [0.15, 0.2) is 36.7 Å². The molecule has 2 radical (unpaired) electrons. The lowest BCUT2D eigenvalue weighted by Gasteiger charge is -2.05. The van der Waals surface area contributed by atoms with Gasteiger partial charge in [-0.05, 0) is 18.6 Å². The normalized spacial score (nSPS) is 10.4. The van der Waals surface area contributed by atoms with Crippen molar-refractivity contribution >= 4 is 20.7 Å². The van der Waals surface area contributed by atoms with Crippen molar-refractivity contribution in [3.8, 4) is 0 Å². The summed E-state index contributed by atoms with van der Waals surface area (Å²) >= 11 is 2.73. The average Bonchev–Trinajstić information content (AvgIpc) is 2.54. The zero-order chi connectivity index (χ0) is 9.97. The van der Waals surface area contributed by atoms with Gasteiger partial charge in [-0.1, -0.05) is 23.8 Å². The molecule has 0 aliphatic rings. The number of rotatable bonds is 2. The number of benzene rings is 1. The lowest BCUT2D eigenvalue weighted by molar-refractivity contribution is 0.687. The SMILES string of the molecule is Cc1c[c]([Al])cc(Cn2cccn2)c1. The molecule has 0 amide bonds. The van der Waals surface area contributed by atoms with Gasteiger partial charge in [-0.15, -0.1) is 4.43 Å². The number of nitrogens with zero attached hydrogens (tertiary/aromatic N) is 2. The van der Waals surface area contributed by atoms with E-state index in [1.165, 1.54) is 15.6 Å². The fourth-order valence-electron chi connectivity index (χ4n) is 1.57. The summed E-state index contributed by atoms with van der Waals surface area (Å²) in [5, 5.41) is 4.18. The van der Waals surface area contributed by atoms with Crippen LogP contribution in [0, 0.1) is 6.92 Å². The molecule has 0 atom stereocenters. The van der Waals surface area contributed by atoms with Gasteiger partial charge < -0.3 is 0 Å². The summed E-state index contributed by atoms with van der Waals surface area (Å²) in [7, 11) is 0. The molecule has 2 nitrogen and oxygen atoms in total. The Balaban J connectivity index is 2.25. The lowest BCUT2D eigenvalue weighted by atomic mass is 10.1. The molecule has 0 spiro atoms. The molecular formula is C11H11AlN2. The standard InChI is InChI=1S/C11H11N2.Al/c1-10-4-2-5-11(8-10)9-13-7-3-6-12-13;/h3-8H,9H2,1H3;. The Morgan fingerprint density at radius 1 is 1.36 bits per heavy atom. The Bertz CT molecular complexity index is 401. The summed E-state index contributed by atoms with van der Waals surface area (Å²) in [6.07, 6.45) is 3.78. The second-order valence-electron chi connectivity index (χ2n) is 3.46. The highest BCUT2D eigenvalue weighted by atomic mass is 27.0. The van der Waals surface area contributed by atoms with E-state index in [0.717, 1.165) is 6.54 Å². The van der Waals surface area contributed by atoms with Gasteiger partial charge >= 0.3 is 0 Å². The minimum atomic E-state index is 0.843. The topological polar surface area (TPSA) is 17.8 Å². The lowest BCUT2D eigenvalue weighted by Crippen LogP contribution is -2.07. The van der Waals surface area contributed by atoms with Gasteiger partial charge in [-0.25, -0.2) is 0 Å². The van der Waals surface area contributed by atoms with Gasteiger partial charge in [0, 0.05) is 12.4 Å². The third-order valence-electron chi connectivity index (χ3n) is 2.06. The molecule has 0 saturated carbocycles. The molecule has 0 aliphatic carbocycles. The summed E-state index contributed by atoms with van der Waals surface area (Å²) in [4.78, 5) is 0. The van der Waals surface area contributed by atoms with Crippen LogP contribution < -0.4 is 4.43 Å². The molecule has 0 saturated heterocycles. The molecule has 14 heavy (non-hydrogen) atoms. The highest BCUT2D eigenvalue weighted by molar-refractivity contribution is 6.32. The zero-order valence-corrected chi connectivity index (χ0v) is 9.30. The molecule has 1 aromatic carbocycles. The molecule has 0 N–H and O–H groups in total. The summed E-state index contributed by atoms with van der Waals surface area (Å²) in [6, 6.07) is 8.45.